The van der Waals surface area contributed by atoms with Gasteiger partial charge in [-0.3, -0.25) is 6.08 Å². The quantitative estimate of drug-likeness (QED) is 0.143. The number of unbranched alkanes of at least 4 members (excludes halogenated alkanes) is 6. The van der Waals surface area contributed by atoms with Crippen molar-refractivity contribution in [1.29, 1.82) is 0 Å². The minimum absolute atomic E-state index is 0. The van der Waals surface area contributed by atoms with E-state index in [-0.39, 0.29) is 25.8 Å². The van der Waals surface area contributed by atoms with Gasteiger partial charge >= 0.3 is 0 Å². The van der Waals surface area contributed by atoms with Gasteiger partial charge in [-0.05, 0) is 12.8 Å². The molecule has 0 spiro atoms. The zero-order valence-electron chi connectivity index (χ0n) is 15.1. The number of allylic oxidation sites excluding steroid dienone is 5. The molecule has 1 rings (SSSR count). The van der Waals surface area contributed by atoms with Crippen LogP contribution in [0.4, 0.5) is 0 Å². The van der Waals surface area contributed by atoms with Crippen LogP contribution in [-0.2, 0) is 25.8 Å². The van der Waals surface area contributed by atoms with Crippen molar-refractivity contribution in [3.8, 4) is 0 Å². The summed E-state index contributed by atoms with van der Waals surface area (Å²) >= 11 is 0. The molecular weight excluding hydrogens is 431 g/mol. The summed E-state index contributed by atoms with van der Waals surface area (Å²) in [6.07, 6.45) is 23.1. The Bertz CT molecular complexity index is 243. The minimum atomic E-state index is 0. The second kappa shape index (κ2) is 26.0. The smallest absolute Gasteiger partial charge is 0 e. The topological polar surface area (TPSA) is 0 Å². The first-order valence-electron chi connectivity index (χ1n) is 8.72. The van der Waals surface area contributed by atoms with Gasteiger partial charge in [-0.1, -0.05) is 58.4 Å². The van der Waals surface area contributed by atoms with E-state index in [0.717, 1.165) is 19.3 Å². The van der Waals surface area contributed by atoms with Gasteiger partial charge < -0.3 is 13.8 Å². The fourth-order valence-corrected chi connectivity index (χ4v) is 1.58. The summed E-state index contributed by atoms with van der Waals surface area (Å²) in [5.41, 5.74) is 1.42. The SMILES string of the molecule is C=CCCCCCCC1=[C-]CC=C1.[CH2-]CCC.[CH2-]CCC.[Hf]. The van der Waals surface area contributed by atoms with Crippen molar-refractivity contribution in [1.82, 2.24) is 0 Å². The maximum atomic E-state index is 3.72. The Kier molecular flexibility index (Phi) is 31.9. The monoisotopic (exact) mass is 469 g/mol. The van der Waals surface area contributed by atoms with E-state index in [1.807, 2.05) is 6.08 Å². The van der Waals surface area contributed by atoms with Crippen LogP contribution in [0.15, 0.2) is 30.4 Å². The molecule has 1 aliphatic carbocycles. The molecule has 0 aromatic rings. The molecule has 128 valence electrons. The molecule has 0 atom stereocenters. The molecule has 0 saturated heterocycles. The van der Waals surface area contributed by atoms with Gasteiger partial charge in [-0.2, -0.15) is 18.9 Å². The molecule has 0 aromatic carbocycles. The Balaban J connectivity index is -0.000000338. The normalized spacial score (nSPS) is 11.4. The van der Waals surface area contributed by atoms with Gasteiger partial charge in [0.15, 0.2) is 0 Å². The fourth-order valence-electron chi connectivity index (χ4n) is 1.58. The first kappa shape index (κ1) is 27.0. The molecule has 0 unspecified atom stereocenters. The van der Waals surface area contributed by atoms with Crippen LogP contribution in [0, 0.1) is 19.9 Å². The van der Waals surface area contributed by atoms with E-state index in [1.165, 1.54) is 56.9 Å². The predicted molar refractivity (Wildman–Crippen MR) is 98.9 cm³/mol. The molecule has 1 heteroatoms. The predicted octanol–water partition coefficient (Wildman–Crippen LogP) is 7.44. The Morgan fingerprint density at radius 2 is 1.64 bits per heavy atom. The Labute approximate surface area is 160 Å². The van der Waals surface area contributed by atoms with E-state index in [9.17, 15) is 0 Å². The third-order valence-electron chi connectivity index (χ3n) is 3.08. The van der Waals surface area contributed by atoms with Crippen molar-refractivity contribution < 1.29 is 25.8 Å². The van der Waals surface area contributed by atoms with Crippen LogP contribution in [0.5, 0.6) is 0 Å². The Morgan fingerprint density at radius 3 is 2.05 bits per heavy atom. The summed E-state index contributed by atoms with van der Waals surface area (Å²) in [6, 6.07) is 0. The third-order valence-corrected chi connectivity index (χ3v) is 3.08. The first-order valence-corrected chi connectivity index (χ1v) is 8.72. The maximum absolute atomic E-state index is 3.72. The molecule has 0 amide bonds. The van der Waals surface area contributed by atoms with Crippen molar-refractivity contribution in [3.05, 3.63) is 50.3 Å². The average Bonchev–Trinajstić information content (AvgIpc) is 3.04. The van der Waals surface area contributed by atoms with Gasteiger partial charge in [-0.15, -0.1) is 13.0 Å². The molecule has 0 N–H and O–H groups in total. The molecular formula is C21H37Hf-3. The number of hydrogen-bond donors (Lipinski definition) is 0. The van der Waals surface area contributed by atoms with E-state index in [4.69, 9.17) is 0 Å². The molecule has 0 aliphatic heterocycles. The maximum Gasteiger partial charge on any atom is 0 e. The second-order valence-corrected chi connectivity index (χ2v) is 5.26. The Hall–Kier alpha value is 0.0901. The van der Waals surface area contributed by atoms with Crippen LogP contribution in [0.1, 0.15) is 84.5 Å². The van der Waals surface area contributed by atoms with Crippen molar-refractivity contribution >= 4 is 0 Å². The van der Waals surface area contributed by atoms with E-state index in [2.05, 4.69) is 52.5 Å². The van der Waals surface area contributed by atoms with E-state index in [1.54, 1.807) is 0 Å². The van der Waals surface area contributed by atoms with Crippen molar-refractivity contribution in [2.75, 3.05) is 0 Å². The average molecular weight is 468 g/mol. The van der Waals surface area contributed by atoms with Gasteiger partial charge in [0.05, 0.1) is 0 Å². The first-order chi connectivity index (χ1) is 10.3. The molecule has 22 heavy (non-hydrogen) atoms. The molecule has 0 bridgehead atoms. The summed E-state index contributed by atoms with van der Waals surface area (Å²) in [5, 5.41) is 0. The second-order valence-electron chi connectivity index (χ2n) is 5.26. The summed E-state index contributed by atoms with van der Waals surface area (Å²) in [7, 11) is 0. The molecule has 0 fully saturated rings. The van der Waals surface area contributed by atoms with Crippen LogP contribution in [-0.4, -0.2) is 0 Å². The summed E-state index contributed by atoms with van der Waals surface area (Å²) in [6.45, 7) is 15.2. The molecule has 0 saturated carbocycles. The molecule has 0 nitrogen and oxygen atoms in total. The van der Waals surface area contributed by atoms with Crippen LogP contribution in [0.25, 0.3) is 0 Å². The summed E-state index contributed by atoms with van der Waals surface area (Å²) < 4.78 is 0. The fraction of sp³-hybridized carbons (Fsp3) is 0.619. The zero-order valence-corrected chi connectivity index (χ0v) is 18.7. The van der Waals surface area contributed by atoms with Crippen LogP contribution < -0.4 is 0 Å². The molecule has 0 radical (unpaired) electrons. The largest absolute Gasteiger partial charge is 0.343 e. The third kappa shape index (κ3) is 25.1. The van der Waals surface area contributed by atoms with Gasteiger partial charge in [0.25, 0.3) is 0 Å². The van der Waals surface area contributed by atoms with Crippen molar-refractivity contribution in [3.63, 3.8) is 0 Å². The number of rotatable bonds is 9. The summed E-state index contributed by atoms with van der Waals surface area (Å²) in [5.74, 6) is 0. The van der Waals surface area contributed by atoms with Crippen LogP contribution in [0.3, 0.4) is 0 Å². The van der Waals surface area contributed by atoms with E-state index < -0.39 is 0 Å². The van der Waals surface area contributed by atoms with Crippen molar-refractivity contribution in [2.45, 2.75) is 84.5 Å². The summed E-state index contributed by atoms with van der Waals surface area (Å²) in [4.78, 5) is 0. The van der Waals surface area contributed by atoms with Gasteiger partial charge in [0.1, 0.15) is 0 Å². The van der Waals surface area contributed by atoms with E-state index in [0.29, 0.717) is 0 Å². The number of hydrogen-bond acceptors (Lipinski definition) is 0. The van der Waals surface area contributed by atoms with Gasteiger partial charge in [0, 0.05) is 25.8 Å². The van der Waals surface area contributed by atoms with Crippen LogP contribution in [0.2, 0.25) is 0 Å². The molecule has 0 aromatic heterocycles. The zero-order chi connectivity index (χ0) is 16.2. The van der Waals surface area contributed by atoms with E-state index >= 15 is 0 Å². The van der Waals surface area contributed by atoms with Gasteiger partial charge in [-0.25, -0.2) is 11.6 Å². The standard InChI is InChI=1S/C13H19.2C4H9.Hf/c1-2-3-4-5-6-7-10-13-11-8-9-12-13;2*1-3-4-2;/h2,8,11H,1,3-7,9-10H2;2*1,3-4H2,2H3;/q3*-1;. The minimum Gasteiger partial charge on any atom is -0.343 e. The van der Waals surface area contributed by atoms with Gasteiger partial charge in [0.2, 0.25) is 0 Å². The molecule has 1 aliphatic rings. The molecule has 0 heterocycles. The van der Waals surface area contributed by atoms with Crippen LogP contribution >= 0.6 is 0 Å². The van der Waals surface area contributed by atoms with Crippen molar-refractivity contribution in [2.24, 2.45) is 0 Å². The Morgan fingerprint density at radius 1 is 1.09 bits per heavy atom.